The van der Waals surface area contributed by atoms with Crippen LogP contribution in [-0.4, -0.2) is 28.1 Å². The van der Waals surface area contributed by atoms with Crippen LogP contribution < -0.4 is 10.7 Å². The molecule has 9 nitrogen and oxygen atoms in total. The van der Waals surface area contributed by atoms with Gasteiger partial charge in [-0.05, 0) is 54.1 Å². The summed E-state index contributed by atoms with van der Waals surface area (Å²) < 4.78 is 0.710. The number of carbonyl (C=O) groups is 2. The number of phenolic OH excluding ortho intramolecular Hbond substituents is 1. The Morgan fingerprint density at radius 3 is 2.39 bits per heavy atom. The number of amides is 2. The summed E-state index contributed by atoms with van der Waals surface area (Å²) in [6.07, 6.45) is 2.62. The van der Waals surface area contributed by atoms with Gasteiger partial charge in [-0.2, -0.15) is 5.10 Å². The molecule has 10 heteroatoms. The first-order chi connectivity index (χ1) is 15.8. The first kappa shape index (κ1) is 23.4. The first-order valence-electron chi connectivity index (χ1n) is 9.48. The number of benzene rings is 3. The molecule has 0 unspecified atom stereocenters. The highest BCUT2D eigenvalue weighted by molar-refractivity contribution is 9.10. The molecule has 3 aromatic carbocycles. The van der Waals surface area contributed by atoms with Crippen molar-refractivity contribution in [2.45, 2.75) is 0 Å². The van der Waals surface area contributed by atoms with Crippen LogP contribution in [0.1, 0.15) is 21.5 Å². The predicted octanol–water partition coefficient (Wildman–Crippen LogP) is 3.98. The molecule has 3 aromatic rings. The summed E-state index contributed by atoms with van der Waals surface area (Å²) in [6.45, 7) is 0. The number of carbonyl (C=O) groups excluding carboxylic acids is 2. The van der Waals surface area contributed by atoms with Crippen molar-refractivity contribution in [3.8, 4) is 5.75 Å². The molecule has 3 N–H and O–H groups in total. The number of nitrogens with zero attached hydrogens (tertiary/aromatic N) is 2. The molecule has 0 aromatic heterocycles. The minimum Gasteiger partial charge on any atom is -0.507 e. The van der Waals surface area contributed by atoms with Crippen molar-refractivity contribution in [1.29, 1.82) is 0 Å². The number of rotatable bonds is 7. The van der Waals surface area contributed by atoms with Gasteiger partial charge in [-0.25, -0.2) is 5.43 Å². The molecule has 3 rings (SSSR count). The number of halogens is 1. The molecule has 0 aliphatic rings. The van der Waals surface area contributed by atoms with E-state index >= 15 is 0 Å². The molecule has 2 amide bonds. The third-order valence-electron chi connectivity index (χ3n) is 4.30. The van der Waals surface area contributed by atoms with Crippen LogP contribution in [-0.2, 0) is 4.79 Å². The van der Waals surface area contributed by atoms with Gasteiger partial charge in [0.2, 0.25) is 0 Å². The highest BCUT2D eigenvalue weighted by Crippen LogP contribution is 2.20. The number of nitrogens with one attached hydrogen (secondary N) is 2. The number of hydrogen-bond donors (Lipinski definition) is 3. The van der Waals surface area contributed by atoms with E-state index in [0.29, 0.717) is 21.2 Å². The molecule has 0 saturated heterocycles. The van der Waals surface area contributed by atoms with Gasteiger partial charge < -0.3 is 10.4 Å². The predicted molar refractivity (Wildman–Crippen MR) is 127 cm³/mol. The van der Waals surface area contributed by atoms with Gasteiger partial charge in [0.05, 0.1) is 11.1 Å². The zero-order valence-electron chi connectivity index (χ0n) is 16.9. The summed E-state index contributed by atoms with van der Waals surface area (Å²) >= 11 is 3.28. The number of hydrogen-bond acceptors (Lipinski definition) is 6. The second-order valence-electron chi connectivity index (χ2n) is 6.63. The lowest BCUT2D eigenvalue weighted by atomic mass is 10.1. The minimum absolute atomic E-state index is 0.0322. The van der Waals surface area contributed by atoms with E-state index in [1.807, 2.05) is 0 Å². The first-order valence-corrected chi connectivity index (χ1v) is 10.3. The summed E-state index contributed by atoms with van der Waals surface area (Å²) in [4.78, 5) is 35.6. The molecule has 33 heavy (non-hydrogen) atoms. The lowest BCUT2D eigenvalue weighted by Gasteiger charge is -2.09. The van der Waals surface area contributed by atoms with Crippen LogP contribution in [0.3, 0.4) is 0 Å². The topological polar surface area (TPSA) is 134 Å². The Hall–Kier alpha value is -4.31. The van der Waals surface area contributed by atoms with Crippen LogP contribution in [0.4, 0.5) is 5.69 Å². The maximum absolute atomic E-state index is 12.7. The lowest BCUT2D eigenvalue weighted by Crippen LogP contribution is -2.32. The highest BCUT2D eigenvalue weighted by Gasteiger charge is 2.15. The van der Waals surface area contributed by atoms with Crippen molar-refractivity contribution in [3.63, 3.8) is 0 Å². The van der Waals surface area contributed by atoms with Gasteiger partial charge in [0.15, 0.2) is 0 Å². The maximum Gasteiger partial charge on any atom is 0.287 e. The monoisotopic (exact) mass is 508 g/mol. The van der Waals surface area contributed by atoms with Gasteiger partial charge in [0.25, 0.3) is 17.5 Å². The van der Waals surface area contributed by atoms with Crippen LogP contribution in [0.25, 0.3) is 6.08 Å². The van der Waals surface area contributed by atoms with Crippen LogP contribution in [0.5, 0.6) is 5.75 Å². The number of non-ortho nitro benzene ring substituents is 1. The van der Waals surface area contributed by atoms with Crippen molar-refractivity contribution >= 4 is 45.7 Å². The molecule has 0 bridgehead atoms. The standard InChI is InChI=1S/C23H17BrN4O5/c24-18-8-11-21(29)17(13-18)14-25-27-23(31)20(26-22(30)16-4-2-1-3-5-16)12-15-6-9-19(10-7-15)28(32)33/h1-14,29H,(H,26,30)(H,27,31)/b20-12+,25-14-. The second kappa shape index (κ2) is 10.8. The zero-order valence-corrected chi connectivity index (χ0v) is 18.5. The maximum atomic E-state index is 12.7. The molecular weight excluding hydrogens is 492 g/mol. The van der Waals surface area contributed by atoms with Gasteiger partial charge in [-0.15, -0.1) is 0 Å². The van der Waals surface area contributed by atoms with Gasteiger partial charge in [0, 0.05) is 27.7 Å². The van der Waals surface area contributed by atoms with Crippen LogP contribution in [0.2, 0.25) is 0 Å². The molecule has 0 aliphatic heterocycles. The Morgan fingerprint density at radius 1 is 1.03 bits per heavy atom. The van der Waals surface area contributed by atoms with Crippen LogP contribution >= 0.6 is 15.9 Å². The molecule has 0 fully saturated rings. The van der Waals surface area contributed by atoms with E-state index in [0.717, 1.165) is 0 Å². The molecule has 0 radical (unpaired) electrons. The Balaban J connectivity index is 1.84. The summed E-state index contributed by atoms with van der Waals surface area (Å²) in [5.41, 5.74) is 3.21. The molecule has 0 saturated carbocycles. The van der Waals surface area contributed by atoms with E-state index in [1.165, 1.54) is 42.6 Å². The van der Waals surface area contributed by atoms with Gasteiger partial charge >= 0.3 is 0 Å². The molecule has 0 atom stereocenters. The van der Waals surface area contributed by atoms with E-state index in [-0.39, 0.29) is 17.1 Å². The average molecular weight is 509 g/mol. The van der Waals surface area contributed by atoms with E-state index in [4.69, 9.17) is 0 Å². The fourth-order valence-electron chi connectivity index (χ4n) is 2.65. The number of nitro benzene ring substituents is 1. The Kier molecular flexibility index (Phi) is 7.66. The van der Waals surface area contributed by atoms with Crippen molar-refractivity contribution in [3.05, 3.63) is 110 Å². The normalized spacial score (nSPS) is 11.2. The Bertz CT molecular complexity index is 1240. The highest BCUT2D eigenvalue weighted by atomic mass is 79.9. The van der Waals surface area contributed by atoms with Crippen molar-refractivity contribution in [2.75, 3.05) is 0 Å². The van der Waals surface area contributed by atoms with Crippen LogP contribution in [0.15, 0.2) is 88.1 Å². The number of aromatic hydroxyl groups is 1. The van der Waals surface area contributed by atoms with Gasteiger partial charge in [-0.1, -0.05) is 34.1 Å². The largest absolute Gasteiger partial charge is 0.507 e. The van der Waals surface area contributed by atoms with Crippen LogP contribution in [0, 0.1) is 10.1 Å². The minimum atomic E-state index is -0.733. The second-order valence-corrected chi connectivity index (χ2v) is 7.54. The number of nitro groups is 1. The lowest BCUT2D eigenvalue weighted by molar-refractivity contribution is -0.384. The van der Waals surface area contributed by atoms with Crippen molar-refractivity contribution in [1.82, 2.24) is 10.7 Å². The quantitative estimate of drug-likeness (QED) is 0.192. The zero-order chi connectivity index (χ0) is 23.8. The van der Waals surface area contributed by atoms with Crippen molar-refractivity contribution < 1.29 is 19.6 Å². The van der Waals surface area contributed by atoms with Gasteiger partial charge in [0.1, 0.15) is 11.4 Å². The molecular formula is C23H17BrN4O5. The average Bonchev–Trinajstić information content (AvgIpc) is 2.81. The fraction of sp³-hybridized carbons (Fsp3) is 0. The third-order valence-corrected chi connectivity index (χ3v) is 4.80. The summed E-state index contributed by atoms with van der Waals surface area (Å²) in [6, 6.07) is 18.5. The van der Waals surface area contributed by atoms with Crippen molar-refractivity contribution in [2.24, 2.45) is 5.10 Å². The van der Waals surface area contributed by atoms with E-state index < -0.39 is 16.7 Å². The third kappa shape index (κ3) is 6.58. The number of hydrazone groups is 1. The summed E-state index contributed by atoms with van der Waals surface area (Å²) in [5.74, 6) is -1.29. The molecule has 0 spiro atoms. The van der Waals surface area contributed by atoms with E-state index in [1.54, 1.807) is 42.5 Å². The molecule has 166 valence electrons. The van der Waals surface area contributed by atoms with Gasteiger partial charge in [-0.3, -0.25) is 19.7 Å². The van der Waals surface area contributed by atoms with E-state index in [2.05, 4.69) is 31.8 Å². The Labute approximate surface area is 196 Å². The van der Waals surface area contributed by atoms with E-state index in [9.17, 15) is 24.8 Å². The SMILES string of the molecule is O=C(N/N=C\c1cc(Br)ccc1O)/C(=C\c1ccc([N+](=O)[O-])cc1)NC(=O)c1ccccc1. The summed E-state index contributed by atoms with van der Waals surface area (Å²) in [7, 11) is 0. The summed E-state index contributed by atoms with van der Waals surface area (Å²) in [5, 5.41) is 27.1. The number of phenols is 1. The molecule has 0 aliphatic carbocycles. The smallest absolute Gasteiger partial charge is 0.287 e. The molecule has 0 heterocycles. The Morgan fingerprint density at radius 2 is 1.73 bits per heavy atom. The fourth-order valence-corrected chi connectivity index (χ4v) is 3.03.